The van der Waals surface area contributed by atoms with E-state index in [-0.39, 0.29) is 41.9 Å². The highest BCUT2D eigenvalue weighted by atomic mass is 28.4. The van der Waals surface area contributed by atoms with Crippen molar-refractivity contribution in [3.8, 4) is 0 Å². The zero-order valence-electron chi connectivity index (χ0n) is 59.5. The Hall–Kier alpha value is -3.54. The molecule has 0 spiro atoms. The third-order valence-corrected chi connectivity index (χ3v) is 28.5. The first-order valence-electron chi connectivity index (χ1n) is 36.3. The van der Waals surface area contributed by atoms with Crippen LogP contribution in [0.2, 0.25) is 36.3 Å². The molecule has 0 radical (unpaired) electrons. The van der Waals surface area contributed by atoms with Gasteiger partial charge >= 0.3 is 0 Å². The predicted octanol–water partition coefficient (Wildman–Crippen LogP) is 21.1. The molecule has 0 unspecified atom stereocenters. The van der Waals surface area contributed by atoms with E-state index in [2.05, 4.69) is 135 Å². The van der Waals surface area contributed by atoms with Crippen LogP contribution >= 0.6 is 0 Å². The molecular weight excluding hydrogens is 1160 g/mol. The molecule has 1 fully saturated rings. The second kappa shape index (κ2) is 43.5. The van der Waals surface area contributed by atoms with Gasteiger partial charge in [0, 0.05) is 6.42 Å². The summed E-state index contributed by atoms with van der Waals surface area (Å²) in [6.07, 6.45) is 27.5. The molecule has 10 nitrogen and oxygen atoms in total. The fourth-order valence-electron chi connectivity index (χ4n) is 11.7. The lowest BCUT2D eigenvalue weighted by Gasteiger charge is -2.48. The van der Waals surface area contributed by atoms with Gasteiger partial charge in [-0.25, -0.2) is 0 Å². The second-order valence-electron chi connectivity index (χ2n) is 29.4. The third kappa shape index (κ3) is 30.4. The van der Waals surface area contributed by atoms with Crippen LogP contribution in [-0.4, -0.2) is 84.7 Å². The maximum atomic E-state index is 14.9. The number of ether oxygens (including phenoxy) is 6. The van der Waals surface area contributed by atoms with E-state index in [4.69, 9.17) is 37.3 Å². The van der Waals surface area contributed by atoms with Crippen molar-refractivity contribution >= 4 is 22.5 Å². The molecule has 1 heterocycles. The molecular formula is C79H129NO9Si2. The van der Waals surface area contributed by atoms with E-state index in [9.17, 15) is 4.79 Å². The van der Waals surface area contributed by atoms with E-state index >= 15 is 0 Å². The Morgan fingerprint density at radius 3 is 1.23 bits per heavy atom. The minimum absolute atomic E-state index is 0.00180. The van der Waals surface area contributed by atoms with Gasteiger partial charge < -0.3 is 42.6 Å². The first-order valence-corrected chi connectivity index (χ1v) is 42.1. The quantitative estimate of drug-likeness (QED) is 0.0342. The van der Waals surface area contributed by atoms with Crippen molar-refractivity contribution in [3.63, 3.8) is 0 Å². The Morgan fingerprint density at radius 2 is 0.813 bits per heavy atom. The van der Waals surface area contributed by atoms with Gasteiger partial charge in [0.2, 0.25) is 5.91 Å². The van der Waals surface area contributed by atoms with Crippen molar-refractivity contribution in [1.29, 1.82) is 0 Å². The van der Waals surface area contributed by atoms with Crippen LogP contribution < -0.4 is 5.32 Å². The second-order valence-corrected chi connectivity index (χ2v) is 38.9. The number of unbranched alkanes of at least 4 members (excludes halogenated alkanes) is 22. The largest absolute Gasteiger partial charge is 0.411 e. The summed E-state index contributed by atoms with van der Waals surface area (Å²) in [6, 6.07) is 40.3. The molecule has 1 amide bonds. The minimum Gasteiger partial charge on any atom is -0.411 e. The van der Waals surface area contributed by atoms with Crippen LogP contribution in [0, 0.1) is 0 Å². The average Bonchev–Trinajstić information content (AvgIpc) is 0.937. The van der Waals surface area contributed by atoms with Crippen LogP contribution in [0.25, 0.3) is 0 Å². The highest BCUT2D eigenvalue weighted by Crippen LogP contribution is 2.42. The zero-order chi connectivity index (χ0) is 65.6. The van der Waals surface area contributed by atoms with Crippen molar-refractivity contribution in [1.82, 2.24) is 5.32 Å². The highest BCUT2D eigenvalue weighted by molar-refractivity contribution is 6.74. The van der Waals surface area contributed by atoms with Crippen LogP contribution in [0.5, 0.6) is 0 Å². The molecule has 1 N–H and O–H groups in total. The van der Waals surface area contributed by atoms with Crippen molar-refractivity contribution in [2.75, 3.05) is 13.2 Å². The van der Waals surface area contributed by atoms with Crippen molar-refractivity contribution in [2.24, 2.45) is 0 Å². The van der Waals surface area contributed by atoms with E-state index in [1.165, 1.54) is 116 Å². The molecule has 91 heavy (non-hydrogen) atoms. The number of carbonyl (C=O) groups excluding carboxylic acids is 1. The first kappa shape index (κ1) is 78.2. The summed E-state index contributed by atoms with van der Waals surface area (Å²) >= 11 is 0. The topological polar surface area (TPSA) is 103 Å². The van der Waals surface area contributed by atoms with Crippen LogP contribution in [0.3, 0.4) is 0 Å². The summed E-state index contributed by atoms with van der Waals surface area (Å²) in [7, 11) is -4.96. The number of amides is 1. The zero-order valence-corrected chi connectivity index (χ0v) is 61.5. The van der Waals surface area contributed by atoms with Gasteiger partial charge in [0.15, 0.2) is 22.9 Å². The van der Waals surface area contributed by atoms with E-state index in [0.717, 1.165) is 67.2 Å². The standard InChI is InChI=1S/C79H129NO9Si2/c1-13-15-17-18-19-20-21-22-23-24-25-26-27-28-29-30-31-32-33-34-48-58-72(81)80-69(73(89-91(11,12)79(6,7)8)70(57-39-16-14-2)88-90(9,10)78(3,4)5)63-86-77-76(85-62-68-55-46-38-47-56-68)75(84-61-67-53-44-37-45-54-67)74(83-60-66-51-42-36-43-52-66)71(87-77)64-82-59-65-49-40-35-41-50-65/h35-38,40-47,49-56,69-71,73-77H,13-34,39,48,57-64H2,1-12H3,(H,80,81)/t69-,70+,71+,73-,74-,75-,76+,77-/m0/s1. The Kier molecular flexibility index (Phi) is 37.4. The normalized spacial score (nSPS) is 18.5. The summed E-state index contributed by atoms with van der Waals surface area (Å²) in [6.45, 7) is 29.2. The van der Waals surface area contributed by atoms with Gasteiger partial charge in [0.25, 0.3) is 0 Å². The molecule has 0 aliphatic carbocycles. The van der Waals surface area contributed by atoms with E-state index in [0.29, 0.717) is 26.2 Å². The highest BCUT2D eigenvalue weighted by Gasteiger charge is 2.51. The average molecular weight is 1290 g/mol. The number of rotatable bonds is 49. The maximum Gasteiger partial charge on any atom is 0.220 e. The lowest BCUT2D eigenvalue weighted by atomic mass is 9.97. The van der Waals surface area contributed by atoms with E-state index in [1.807, 2.05) is 72.8 Å². The molecule has 4 aromatic carbocycles. The summed E-state index contributed by atoms with van der Waals surface area (Å²) in [5, 5.41) is 3.42. The summed E-state index contributed by atoms with van der Waals surface area (Å²) in [4.78, 5) is 14.9. The number of nitrogens with one attached hydrogen (secondary N) is 1. The molecule has 1 saturated heterocycles. The van der Waals surface area contributed by atoms with Crippen LogP contribution in [0.1, 0.15) is 245 Å². The molecule has 0 bridgehead atoms. The SMILES string of the molecule is CCCCCCCCCCCCCCCCCCCCCCCC(=O)N[C@@H](CO[C@H]1O[C@H](COCc2ccccc2)[C@H](OCc2ccccc2)[C@H](OCc2ccccc2)[C@H]1OCc1ccccc1)[C@H](O[Si](C)(C)C(C)(C)C)[C@@H](CCCCC)O[Si](C)(C)C(C)(C)C. The third-order valence-electron chi connectivity index (χ3n) is 19.5. The van der Waals surface area contributed by atoms with Crippen molar-refractivity contribution < 1.29 is 42.1 Å². The Morgan fingerprint density at radius 1 is 0.451 bits per heavy atom. The van der Waals surface area contributed by atoms with E-state index < -0.39 is 59.5 Å². The molecule has 4 aromatic rings. The lowest BCUT2D eigenvalue weighted by molar-refractivity contribution is -0.329. The van der Waals surface area contributed by atoms with Gasteiger partial charge in [-0.15, -0.1) is 0 Å². The number of hydrogen-bond acceptors (Lipinski definition) is 9. The Labute approximate surface area is 557 Å². The summed E-state index contributed by atoms with van der Waals surface area (Å²) in [5.74, 6) is 0.00180. The molecule has 0 saturated carbocycles. The first-order chi connectivity index (χ1) is 43.8. The monoisotopic (exact) mass is 1290 g/mol. The van der Waals surface area contributed by atoms with Crippen molar-refractivity contribution in [3.05, 3.63) is 144 Å². The molecule has 0 aromatic heterocycles. The van der Waals surface area contributed by atoms with Gasteiger partial charge in [0.05, 0.1) is 57.9 Å². The fraction of sp³-hybridized carbons (Fsp3) is 0.684. The smallest absolute Gasteiger partial charge is 0.220 e. The summed E-state index contributed by atoms with van der Waals surface area (Å²) in [5.41, 5.74) is 4.11. The maximum absolute atomic E-state index is 14.9. The van der Waals surface area contributed by atoms with Crippen LogP contribution in [-0.2, 0) is 68.5 Å². The molecule has 8 atom stereocenters. The Bertz CT molecular complexity index is 2440. The fourth-order valence-corrected chi connectivity index (χ4v) is 14.4. The molecule has 12 heteroatoms. The van der Waals surface area contributed by atoms with E-state index in [1.54, 1.807) is 0 Å². The number of benzene rings is 4. The predicted molar refractivity (Wildman–Crippen MR) is 383 cm³/mol. The van der Waals surface area contributed by atoms with Gasteiger partial charge in [-0.1, -0.05) is 324 Å². The van der Waals surface area contributed by atoms with Gasteiger partial charge in [-0.3, -0.25) is 4.79 Å². The number of hydrogen-bond donors (Lipinski definition) is 1. The van der Waals surface area contributed by atoms with Gasteiger partial charge in [-0.2, -0.15) is 0 Å². The molecule has 1 aliphatic heterocycles. The minimum atomic E-state index is -2.55. The van der Waals surface area contributed by atoms with Gasteiger partial charge in [0.1, 0.15) is 24.4 Å². The molecule has 5 rings (SSSR count). The Balaban J connectivity index is 1.40. The lowest BCUT2D eigenvalue weighted by Crippen LogP contribution is -2.63. The summed E-state index contributed by atoms with van der Waals surface area (Å²) < 4.78 is 58.0. The van der Waals surface area contributed by atoms with Crippen LogP contribution in [0.4, 0.5) is 0 Å². The van der Waals surface area contributed by atoms with Crippen LogP contribution in [0.15, 0.2) is 121 Å². The van der Waals surface area contributed by atoms with Gasteiger partial charge in [-0.05, 0) is 71.4 Å². The molecule has 1 aliphatic rings. The molecule has 512 valence electrons. The number of carbonyl (C=O) groups is 1. The van der Waals surface area contributed by atoms with Crippen molar-refractivity contribution in [2.45, 2.75) is 334 Å².